The Bertz CT molecular complexity index is 347. The summed E-state index contributed by atoms with van der Waals surface area (Å²) in [6.45, 7) is 3.11. The van der Waals surface area contributed by atoms with E-state index in [0.717, 1.165) is 17.7 Å². The lowest BCUT2D eigenvalue weighted by atomic mass is 10.2. The number of ether oxygens (including phenoxy) is 2. The lowest BCUT2D eigenvalue weighted by Crippen LogP contribution is -2.07. The average Bonchev–Trinajstić information content (AvgIpc) is 2.29. The van der Waals surface area contributed by atoms with Crippen LogP contribution < -0.4 is 4.74 Å². The largest absolute Gasteiger partial charge is 0.493 e. The standard InChI is InChI=1S/C14H20O3/c1-12-5-3-7-14(11-12)17-10-8-13(15)6-4-9-16-2/h3,5,7,11H,4,6,8-10H2,1-2H3. The van der Waals surface area contributed by atoms with E-state index in [-0.39, 0.29) is 5.78 Å². The molecule has 1 rings (SSSR count). The number of hydrogen-bond donors (Lipinski definition) is 0. The van der Waals surface area contributed by atoms with Gasteiger partial charge in [0.2, 0.25) is 0 Å². The first kappa shape index (κ1) is 13.7. The predicted molar refractivity (Wildman–Crippen MR) is 67.4 cm³/mol. The molecule has 3 heteroatoms. The second-order valence-corrected chi connectivity index (χ2v) is 4.05. The molecule has 0 aliphatic carbocycles. The number of rotatable bonds is 8. The number of benzene rings is 1. The van der Waals surface area contributed by atoms with Crippen LogP contribution in [0.15, 0.2) is 24.3 Å². The summed E-state index contributed by atoms with van der Waals surface area (Å²) in [4.78, 5) is 11.4. The third kappa shape index (κ3) is 6.07. The van der Waals surface area contributed by atoms with Gasteiger partial charge in [0.25, 0.3) is 0 Å². The summed E-state index contributed by atoms with van der Waals surface area (Å²) in [7, 11) is 1.64. The highest BCUT2D eigenvalue weighted by Gasteiger charge is 2.02. The zero-order valence-electron chi connectivity index (χ0n) is 10.6. The second-order valence-electron chi connectivity index (χ2n) is 4.05. The Morgan fingerprint density at radius 1 is 1.24 bits per heavy atom. The van der Waals surface area contributed by atoms with E-state index in [0.29, 0.717) is 26.1 Å². The summed E-state index contributed by atoms with van der Waals surface area (Å²) >= 11 is 0. The molecule has 0 fully saturated rings. The van der Waals surface area contributed by atoms with Crippen molar-refractivity contribution in [1.29, 1.82) is 0 Å². The van der Waals surface area contributed by atoms with Gasteiger partial charge in [-0.2, -0.15) is 0 Å². The molecule has 0 saturated heterocycles. The fraction of sp³-hybridized carbons (Fsp3) is 0.500. The Hall–Kier alpha value is -1.35. The third-order valence-electron chi connectivity index (χ3n) is 2.44. The minimum absolute atomic E-state index is 0.231. The number of hydrogen-bond acceptors (Lipinski definition) is 3. The molecular weight excluding hydrogens is 216 g/mol. The number of carbonyl (C=O) groups is 1. The first-order valence-electron chi connectivity index (χ1n) is 5.92. The zero-order valence-corrected chi connectivity index (χ0v) is 10.6. The minimum atomic E-state index is 0.231. The van der Waals surface area contributed by atoms with Gasteiger partial charge in [0.1, 0.15) is 11.5 Å². The van der Waals surface area contributed by atoms with Gasteiger partial charge in [-0.25, -0.2) is 0 Å². The van der Waals surface area contributed by atoms with Crippen molar-refractivity contribution in [3.8, 4) is 5.75 Å². The molecular formula is C14H20O3. The van der Waals surface area contributed by atoms with Crippen molar-refractivity contribution in [2.75, 3.05) is 20.3 Å². The van der Waals surface area contributed by atoms with Crippen molar-refractivity contribution in [2.45, 2.75) is 26.2 Å². The molecule has 0 unspecified atom stereocenters. The number of aryl methyl sites for hydroxylation is 1. The SMILES string of the molecule is COCCCC(=O)CCOc1cccc(C)c1. The van der Waals surface area contributed by atoms with Gasteiger partial charge in [0, 0.05) is 26.6 Å². The molecule has 17 heavy (non-hydrogen) atoms. The lowest BCUT2D eigenvalue weighted by Gasteiger charge is -2.06. The molecule has 1 aromatic carbocycles. The molecule has 0 bridgehead atoms. The number of carbonyl (C=O) groups excluding carboxylic acids is 1. The Labute approximate surface area is 103 Å². The normalized spacial score (nSPS) is 10.2. The van der Waals surface area contributed by atoms with E-state index in [2.05, 4.69) is 0 Å². The predicted octanol–water partition coefficient (Wildman–Crippen LogP) is 2.76. The molecule has 0 saturated carbocycles. The fourth-order valence-electron chi connectivity index (χ4n) is 1.53. The van der Waals surface area contributed by atoms with E-state index in [4.69, 9.17) is 9.47 Å². The molecule has 94 valence electrons. The molecule has 0 atom stereocenters. The zero-order chi connectivity index (χ0) is 12.5. The minimum Gasteiger partial charge on any atom is -0.493 e. The lowest BCUT2D eigenvalue weighted by molar-refractivity contribution is -0.119. The number of Topliss-reactive ketones (excluding diaryl/α,β-unsaturated/α-hetero) is 1. The van der Waals surface area contributed by atoms with Gasteiger partial charge in [-0.3, -0.25) is 4.79 Å². The summed E-state index contributed by atoms with van der Waals surface area (Å²) in [5, 5.41) is 0. The molecule has 0 amide bonds. The average molecular weight is 236 g/mol. The summed E-state index contributed by atoms with van der Waals surface area (Å²) < 4.78 is 10.4. The van der Waals surface area contributed by atoms with Crippen LogP contribution in [-0.4, -0.2) is 26.1 Å². The van der Waals surface area contributed by atoms with Crippen LogP contribution >= 0.6 is 0 Å². The van der Waals surface area contributed by atoms with Gasteiger partial charge in [-0.1, -0.05) is 12.1 Å². The molecule has 0 aromatic heterocycles. The van der Waals surface area contributed by atoms with Crippen LogP contribution in [0.25, 0.3) is 0 Å². The monoisotopic (exact) mass is 236 g/mol. The van der Waals surface area contributed by atoms with Gasteiger partial charge in [-0.15, -0.1) is 0 Å². The summed E-state index contributed by atoms with van der Waals surface area (Å²) in [6.07, 6.45) is 1.84. The highest BCUT2D eigenvalue weighted by atomic mass is 16.5. The van der Waals surface area contributed by atoms with Crippen LogP contribution in [0.3, 0.4) is 0 Å². The smallest absolute Gasteiger partial charge is 0.136 e. The second kappa shape index (κ2) is 7.85. The Morgan fingerprint density at radius 3 is 2.76 bits per heavy atom. The van der Waals surface area contributed by atoms with E-state index in [1.54, 1.807) is 7.11 Å². The van der Waals surface area contributed by atoms with E-state index in [1.807, 2.05) is 31.2 Å². The van der Waals surface area contributed by atoms with Gasteiger partial charge in [0.05, 0.1) is 6.61 Å². The molecule has 1 aromatic rings. The highest BCUT2D eigenvalue weighted by molar-refractivity contribution is 5.78. The first-order valence-corrected chi connectivity index (χ1v) is 5.92. The van der Waals surface area contributed by atoms with Gasteiger partial charge < -0.3 is 9.47 Å². The van der Waals surface area contributed by atoms with E-state index in [9.17, 15) is 4.79 Å². The van der Waals surface area contributed by atoms with Crippen LogP contribution in [0.4, 0.5) is 0 Å². The van der Waals surface area contributed by atoms with Crippen LogP contribution in [-0.2, 0) is 9.53 Å². The first-order chi connectivity index (χ1) is 8.22. The molecule has 0 spiro atoms. The van der Waals surface area contributed by atoms with E-state index >= 15 is 0 Å². The summed E-state index contributed by atoms with van der Waals surface area (Å²) in [5.74, 6) is 1.06. The summed E-state index contributed by atoms with van der Waals surface area (Å²) in [6, 6.07) is 7.84. The highest BCUT2D eigenvalue weighted by Crippen LogP contribution is 2.12. The van der Waals surface area contributed by atoms with Gasteiger partial charge in [0.15, 0.2) is 0 Å². The Balaban J connectivity index is 2.17. The molecule has 0 heterocycles. The maximum absolute atomic E-state index is 11.4. The third-order valence-corrected chi connectivity index (χ3v) is 2.44. The number of methoxy groups -OCH3 is 1. The van der Waals surface area contributed by atoms with Crippen molar-refractivity contribution in [1.82, 2.24) is 0 Å². The van der Waals surface area contributed by atoms with Crippen LogP contribution in [0.1, 0.15) is 24.8 Å². The quantitative estimate of drug-likeness (QED) is 0.651. The Kier molecular flexibility index (Phi) is 6.33. The van der Waals surface area contributed by atoms with E-state index < -0.39 is 0 Å². The fourth-order valence-corrected chi connectivity index (χ4v) is 1.53. The van der Waals surface area contributed by atoms with Crippen molar-refractivity contribution < 1.29 is 14.3 Å². The maximum Gasteiger partial charge on any atom is 0.136 e. The van der Waals surface area contributed by atoms with Crippen molar-refractivity contribution in [2.24, 2.45) is 0 Å². The van der Waals surface area contributed by atoms with E-state index in [1.165, 1.54) is 0 Å². The van der Waals surface area contributed by atoms with Crippen LogP contribution in [0.2, 0.25) is 0 Å². The van der Waals surface area contributed by atoms with Crippen LogP contribution in [0.5, 0.6) is 5.75 Å². The van der Waals surface area contributed by atoms with Crippen LogP contribution in [0, 0.1) is 6.92 Å². The number of ketones is 1. The molecule has 0 aliphatic heterocycles. The Morgan fingerprint density at radius 2 is 2.06 bits per heavy atom. The topological polar surface area (TPSA) is 35.5 Å². The van der Waals surface area contributed by atoms with Crippen molar-refractivity contribution >= 4 is 5.78 Å². The van der Waals surface area contributed by atoms with Gasteiger partial charge >= 0.3 is 0 Å². The molecule has 0 N–H and O–H groups in total. The van der Waals surface area contributed by atoms with Crippen molar-refractivity contribution in [3.63, 3.8) is 0 Å². The molecule has 3 nitrogen and oxygen atoms in total. The molecule has 0 radical (unpaired) electrons. The van der Waals surface area contributed by atoms with Crippen molar-refractivity contribution in [3.05, 3.63) is 29.8 Å². The van der Waals surface area contributed by atoms with Gasteiger partial charge in [-0.05, 0) is 31.0 Å². The maximum atomic E-state index is 11.4. The summed E-state index contributed by atoms with van der Waals surface area (Å²) in [5.41, 5.74) is 1.16. The molecule has 0 aliphatic rings.